The van der Waals surface area contributed by atoms with Crippen LogP contribution >= 0.6 is 11.3 Å². The van der Waals surface area contributed by atoms with Crippen LogP contribution in [0.5, 0.6) is 0 Å². The predicted octanol–water partition coefficient (Wildman–Crippen LogP) is 13.5. The highest BCUT2D eigenvalue weighted by Gasteiger charge is 2.34. The van der Waals surface area contributed by atoms with E-state index < -0.39 is 0 Å². The lowest BCUT2D eigenvalue weighted by Crippen LogP contribution is -2.30. The van der Waals surface area contributed by atoms with Crippen molar-refractivity contribution in [2.75, 3.05) is 0 Å². The van der Waals surface area contributed by atoms with Crippen molar-refractivity contribution < 1.29 is 4.57 Å². The third kappa shape index (κ3) is 5.10. The van der Waals surface area contributed by atoms with Gasteiger partial charge < -0.3 is 0 Å². The van der Waals surface area contributed by atoms with Crippen molar-refractivity contribution in [1.82, 2.24) is 4.57 Å². The van der Waals surface area contributed by atoms with Crippen LogP contribution in [0, 0.1) is 6.92 Å². The first-order valence-corrected chi connectivity index (χ1v) is 19.3. The van der Waals surface area contributed by atoms with E-state index in [1.165, 1.54) is 98.0 Å². The van der Waals surface area contributed by atoms with Gasteiger partial charge in [0, 0.05) is 32.0 Å². The molecular formula is C49H43N2S+. The van der Waals surface area contributed by atoms with E-state index in [-0.39, 0.29) is 0 Å². The molecule has 2 nitrogen and oxygen atoms in total. The lowest BCUT2D eigenvalue weighted by Gasteiger charge is -2.21. The molecule has 9 aromatic rings. The van der Waals surface area contributed by atoms with E-state index >= 15 is 0 Å². The van der Waals surface area contributed by atoms with Crippen molar-refractivity contribution in [3.63, 3.8) is 0 Å². The van der Waals surface area contributed by atoms with Gasteiger partial charge >= 0.3 is 0 Å². The molecule has 0 fully saturated rings. The Morgan fingerprint density at radius 3 is 1.85 bits per heavy atom. The van der Waals surface area contributed by atoms with Gasteiger partial charge in [-0.3, -0.25) is 0 Å². The molecule has 0 amide bonds. The molecule has 0 spiro atoms. The highest BCUT2D eigenvalue weighted by atomic mass is 32.1. The first kappa shape index (κ1) is 32.4. The summed E-state index contributed by atoms with van der Waals surface area (Å²) < 4.78 is 7.76. The van der Waals surface area contributed by atoms with Crippen LogP contribution in [-0.4, -0.2) is 4.57 Å². The molecule has 2 aromatic heterocycles. The first-order chi connectivity index (χ1) is 25.3. The van der Waals surface area contributed by atoms with Crippen LogP contribution in [0.2, 0.25) is 0 Å². The first-order valence-electron chi connectivity index (χ1n) is 18.5. The molecule has 0 saturated heterocycles. The molecule has 0 unspecified atom stereocenters. The van der Waals surface area contributed by atoms with Crippen molar-refractivity contribution >= 4 is 53.3 Å². The lowest BCUT2D eigenvalue weighted by molar-refractivity contribution is -0.633. The Hall–Kier alpha value is -5.51. The van der Waals surface area contributed by atoms with Gasteiger partial charge in [-0.2, -0.15) is 4.57 Å². The zero-order valence-electron chi connectivity index (χ0n) is 30.7. The number of benzene rings is 7. The smallest absolute Gasteiger partial charge is 0.225 e. The van der Waals surface area contributed by atoms with Crippen molar-refractivity contribution in [2.45, 2.75) is 46.5 Å². The zero-order chi connectivity index (χ0) is 35.7. The van der Waals surface area contributed by atoms with E-state index in [2.05, 4.69) is 190 Å². The van der Waals surface area contributed by atoms with Gasteiger partial charge in [-0.25, -0.2) is 4.57 Å². The number of hydrogen-bond acceptors (Lipinski definition) is 1. The van der Waals surface area contributed by atoms with Gasteiger partial charge in [0.05, 0.1) is 17.3 Å². The molecule has 0 atom stereocenters. The van der Waals surface area contributed by atoms with Crippen LogP contribution in [0.15, 0.2) is 140 Å². The Bertz CT molecular complexity index is 2770. The second-order valence-corrected chi connectivity index (χ2v) is 15.9. The normalized spacial score (nSPS) is 12.0. The maximum atomic E-state index is 2.65. The molecule has 0 aliphatic rings. The molecule has 0 aliphatic carbocycles. The summed E-state index contributed by atoms with van der Waals surface area (Å²) in [5.41, 5.74) is 14.2. The number of imidazole rings is 1. The fourth-order valence-electron chi connectivity index (χ4n) is 8.26. The van der Waals surface area contributed by atoms with Gasteiger partial charge in [-0.15, -0.1) is 11.3 Å². The third-order valence-electron chi connectivity index (χ3n) is 10.9. The molecular weight excluding hydrogens is 649 g/mol. The second-order valence-electron chi connectivity index (χ2n) is 14.9. The summed E-state index contributed by atoms with van der Waals surface area (Å²) in [5, 5.41) is 5.15. The van der Waals surface area contributed by atoms with Crippen LogP contribution < -0.4 is 4.57 Å². The summed E-state index contributed by atoms with van der Waals surface area (Å²) in [5.74, 6) is 1.83. The van der Waals surface area contributed by atoms with Gasteiger partial charge in [0.2, 0.25) is 0 Å². The number of thiophene rings is 1. The third-order valence-corrected chi connectivity index (χ3v) is 12.1. The number of rotatable bonds is 6. The molecule has 0 bridgehead atoms. The molecule has 0 saturated carbocycles. The minimum absolute atomic E-state index is 0.305. The molecule has 0 aliphatic heterocycles. The average molecular weight is 692 g/mol. The standard InChI is InChI=1S/C49H43N2S/c1-30(2)41-27-37(34-17-11-8-12-18-34)28-42(31(3)4)46(41)51-47-38-20-14-13-19-35(38)23-26-43(47)50(6)49(51)45-32(5)21-24-40-39-25-22-36(29-44(39)52-48(40)45)33-15-9-7-10-16-33/h7-31H,1-6H3/q+1. The Kier molecular flexibility index (Phi) is 7.86. The summed E-state index contributed by atoms with van der Waals surface area (Å²) >= 11 is 1.93. The molecule has 2 heterocycles. The van der Waals surface area contributed by atoms with E-state index in [4.69, 9.17) is 0 Å². The van der Waals surface area contributed by atoms with Gasteiger partial charge in [0.15, 0.2) is 11.0 Å². The minimum Gasteiger partial charge on any atom is -0.225 e. The Labute approximate surface area is 310 Å². The molecule has 254 valence electrons. The van der Waals surface area contributed by atoms with Crippen molar-refractivity contribution in [3.05, 3.63) is 156 Å². The van der Waals surface area contributed by atoms with Crippen LogP contribution in [0.3, 0.4) is 0 Å². The average Bonchev–Trinajstić information content (AvgIpc) is 3.69. The fraction of sp³-hybridized carbons (Fsp3) is 0.163. The number of nitrogens with zero attached hydrogens (tertiary/aromatic N) is 2. The maximum Gasteiger partial charge on any atom is 0.296 e. The van der Waals surface area contributed by atoms with E-state index in [1.54, 1.807) is 0 Å². The number of aromatic nitrogens is 2. The molecule has 7 aromatic carbocycles. The minimum atomic E-state index is 0.305. The monoisotopic (exact) mass is 691 g/mol. The Morgan fingerprint density at radius 1 is 0.558 bits per heavy atom. The van der Waals surface area contributed by atoms with Crippen LogP contribution in [0.1, 0.15) is 56.2 Å². The molecule has 3 heteroatoms. The summed E-state index contributed by atoms with van der Waals surface area (Å²) in [4.78, 5) is 0. The zero-order valence-corrected chi connectivity index (χ0v) is 31.6. The number of hydrogen-bond donors (Lipinski definition) is 0. The Morgan fingerprint density at radius 2 is 1.17 bits per heavy atom. The molecule has 0 N–H and O–H groups in total. The number of fused-ring (bicyclic) bond motifs is 6. The van der Waals surface area contributed by atoms with E-state index in [1.807, 2.05) is 11.3 Å². The van der Waals surface area contributed by atoms with E-state index in [9.17, 15) is 0 Å². The Balaban J connectivity index is 1.43. The van der Waals surface area contributed by atoms with Gasteiger partial charge in [0.1, 0.15) is 5.69 Å². The van der Waals surface area contributed by atoms with Crippen molar-refractivity contribution in [1.29, 1.82) is 0 Å². The molecule has 0 radical (unpaired) electrons. The molecule has 52 heavy (non-hydrogen) atoms. The summed E-state index contributed by atoms with van der Waals surface area (Å²) in [7, 11) is 2.27. The van der Waals surface area contributed by atoms with E-state index in [0.29, 0.717) is 11.8 Å². The largest absolute Gasteiger partial charge is 0.296 e. The van der Waals surface area contributed by atoms with E-state index in [0.717, 1.165) is 0 Å². The number of aryl methyl sites for hydroxylation is 2. The topological polar surface area (TPSA) is 8.81 Å². The van der Waals surface area contributed by atoms with Crippen LogP contribution in [0.4, 0.5) is 0 Å². The summed E-state index contributed by atoms with van der Waals surface area (Å²) in [6.07, 6.45) is 0. The fourth-order valence-corrected chi connectivity index (χ4v) is 9.59. The van der Waals surface area contributed by atoms with Crippen LogP contribution in [0.25, 0.3) is 81.3 Å². The van der Waals surface area contributed by atoms with Crippen LogP contribution in [-0.2, 0) is 7.05 Å². The second kappa shape index (κ2) is 12.6. The quantitative estimate of drug-likeness (QED) is 0.154. The maximum absolute atomic E-state index is 2.65. The SMILES string of the molecule is Cc1ccc2c(sc3cc(-c4ccccc4)ccc32)c1-c1n(-c2c(C(C)C)cc(-c3ccccc3)cc2C(C)C)c2c3ccccc3ccc2[n+]1C. The highest BCUT2D eigenvalue weighted by Crippen LogP contribution is 2.46. The summed E-state index contributed by atoms with van der Waals surface area (Å²) in [6, 6.07) is 51.7. The van der Waals surface area contributed by atoms with Gasteiger partial charge in [0.25, 0.3) is 5.82 Å². The highest BCUT2D eigenvalue weighted by molar-refractivity contribution is 7.26. The van der Waals surface area contributed by atoms with Crippen molar-refractivity contribution in [3.8, 4) is 39.3 Å². The van der Waals surface area contributed by atoms with Gasteiger partial charge in [-0.1, -0.05) is 131 Å². The van der Waals surface area contributed by atoms with Gasteiger partial charge in [-0.05, 0) is 88.4 Å². The molecule has 9 rings (SSSR count). The van der Waals surface area contributed by atoms with Crippen molar-refractivity contribution in [2.24, 2.45) is 7.05 Å². The lowest BCUT2D eigenvalue weighted by atomic mass is 9.88. The summed E-state index contributed by atoms with van der Waals surface area (Å²) in [6.45, 7) is 11.7. The predicted molar refractivity (Wildman–Crippen MR) is 224 cm³/mol.